The van der Waals surface area contributed by atoms with Gasteiger partial charge in [0, 0.05) is 31.2 Å². The van der Waals surface area contributed by atoms with Crippen molar-refractivity contribution in [1.82, 2.24) is 24.2 Å². The van der Waals surface area contributed by atoms with E-state index in [9.17, 15) is 22.8 Å². The smallest absolute Gasteiger partial charge is 0.475 e. The molecule has 2 N–H and O–H groups in total. The summed E-state index contributed by atoms with van der Waals surface area (Å²) in [5.41, 5.74) is 1.25. The molecule has 1 aliphatic carbocycles. The second-order valence-corrected chi connectivity index (χ2v) is 10.4. The number of aromatic nitrogens is 3. The van der Waals surface area contributed by atoms with Gasteiger partial charge in [-0.05, 0) is 51.9 Å². The summed E-state index contributed by atoms with van der Waals surface area (Å²) in [6, 6.07) is 6.28. The SMILES string of the molecule is CN(C)C1CCN(C(=O)c2nc(-c3cnc(NC(=O)C4CC4)s3)n3ccccc23)CC1.O=C(O)C(F)(F)F. The predicted octanol–water partition coefficient (Wildman–Crippen LogP) is 3.61. The lowest BCUT2D eigenvalue weighted by Gasteiger charge is -2.34. The number of aliphatic carboxylic acids is 1. The molecule has 0 bridgehead atoms. The molecular formula is C24H27F3N6O4S. The van der Waals surface area contributed by atoms with E-state index in [4.69, 9.17) is 14.9 Å². The molecule has 204 valence electrons. The molecule has 38 heavy (non-hydrogen) atoms. The molecule has 4 heterocycles. The van der Waals surface area contributed by atoms with E-state index in [0.717, 1.165) is 49.2 Å². The van der Waals surface area contributed by atoms with Crippen LogP contribution in [0.3, 0.4) is 0 Å². The zero-order chi connectivity index (χ0) is 27.6. The van der Waals surface area contributed by atoms with Crippen LogP contribution in [0, 0.1) is 5.92 Å². The summed E-state index contributed by atoms with van der Waals surface area (Å²) in [6.07, 6.45) is 2.38. The lowest BCUT2D eigenvalue weighted by Crippen LogP contribution is -2.44. The Balaban J connectivity index is 0.000000426. The van der Waals surface area contributed by atoms with E-state index in [1.165, 1.54) is 11.3 Å². The molecule has 1 aliphatic heterocycles. The molecule has 2 amide bonds. The third-order valence-corrected chi connectivity index (χ3v) is 7.29. The van der Waals surface area contributed by atoms with Crippen molar-refractivity contribution in [3.63, 3.8) is 0 Å². The highest BCUT2D eigenvalue weighted by atomic mass is 32.1. The quantitative estimate of drug-likeness (QED) is 0.496. The Hall–Kier alpha value is -3.52. The molecule has 0 unspecified atom stereocenters. The van der Waals surface area contributed by atoms with Crippen molar-refractivity contribution in [1.29, 1.82) is 0 Å². The summed E-state index contributed by atoms with van der Waals surface area (Å²) in [5, 5.41) is 10.6. The molecule has 0 spiro atoms. The number of hydrogen-bond donors (Lipinski definition) is 2. The summed E-state index contributed by atoms with van der Waals surface area (Å²) < 4.78 is 33.7. The average molecular weight is 553 g/mol. The van der Waals surface area contributed by atoms with E-state index in [1.807, 2.05) is 33.7 Å². The summed E-state index contributed by atoms with van der Waals surface area (Å²) in [7, 11) is 4.18. The lowest BCUT2D eigenvalue weighted by atomic mass is 10.0. The predicted molar refractivity (Wildman–Crippen MR) is 134 cm³/mol. The van der Waals surface area contributed by atoms with Gasteiger partial charge in [-0.2, -0.15) is 13.2 Å². The molecule has 0 radical (unpaired) electrons. The van der Waals surface area contributed by atoms with Crippen LogP contribution in [0.5, 0.6) is 0 Å². The number of halogens is 3. The summed E-state index contributed by atoms with van der Waals surface area (Å²) in [4.78, 5) is 48.3. The zero-order valence-electron chi connectivity index (χ0n) is 20.7. The first-order valence-electron chi connectivity index (χ1n) is 12.0. The number of carbonyl (C=O) groups excluding carboxylic acids is 2. The molecule has 1 saturated heterocycles. The van der Waals surface area contributed by atoms with Gasteiger partial charge < -0.3 is 20.2 Å². The fourth-order valence-electron chi connectivity index (χ4n) is 4.09. The summed E-state index contributed by atoms with van der Waals surface area (Å²) in [6.45, 7) is 1.47. The van der Waals surface area contributed by atoms with Crippen LogP contribution >= 0.6 is 11.3 Å². The molecule has 5 rings (SSSR count). The molecule has 2 aliphatic rings. The number of pyridine rings is 1. The third-order valence-electron chi connectivity index (χ3n) is 6.38. The maximum Gasteiger partial charge on any atom is 0.490 e. The van der Waals surface area contributed by atoms with Gasteiger partial charge in [0.05, 0.1) is 16.6 Å². The molecule has 3 aromatic rings. The minimum atomic E-state index is -5.08. The van der Waals surface area contributed by atoms with E-state index >= 15 is 0 Å². The van der Waals surface area contributed by atoms with Gasteiger partial charge in [-0.1, -0.05) is 17.4 Å². The van der Waals surface area contributed by atoms with Crippen LogP contribution < -0.4 is 5.32 Å². The van der Waals surface area contributed by atoms with Crippen LogP contribution in [-0.2, 0) is 9.59 Å². The molecule has 0 aromatic carbocycles. The molecule has 1 saturated carbocycles. The van der Waals surface area contributed by atoms with Crippen molar-refractivity contribution in [3.8, 4) is 10.7 Å². The third kappa shape index (κ3) is 6.30. The number of thiazole rings is 1. The van der Waals surface area contributed by atoms with Crippen molar-refractivity contribution < 1.29 is 32.7 Å². The van der Waals surface area contributed by atoms with Gasteiger partial charge in [0.2, 0.25) is 5.91 Å². The minimum Gasteiger partial charge on any atom is -0.475 e. The number of alkyl halides is 3. The van der Waals surface area contributed by atoms with Crippen LogP contribution in [0.15, 0.2) is 30.6 Å². The van der Waals surface area contributed by atoms with Crippen LogP contribution in [0.25, 0.3) is 16.2 Å². The molecular weight excluding hydrogens is 525 g/mol. The van der Waals surface area contributed by atoms with Crippen LogP contribution in [-0.4, -0.2) is 86.5 Å². The standard InChI is InChI=1S/C22H26N6O2S.C2HF3O2/c1-26(2)15-8-11-27(12-9-15)21(30)18-16-5-3-4-10-28(16)19(24-18)17-13-23-22(31-17)25-20(29)14-6-7-14;3-2(4,5)1(6)7/h3-5,10,13-15H,6-9,11-12H2,1-2H3,(H,23,25,29);(H,6,7). The highest BCUT2D eigenvalue weighted by Gasteiger charge is 2.38. The Kier molecular flexibility index (Phi) is 8.02. The monoisotopic (exact) mass is 552 g/mol. The van der Waals surface area contributed by atoms with Crippen LogP contribution in [0.2, 0.25) is 0 Å². The van der Waals surface area contributed by atoms with Crippen molar-refractivity contribution in [2.75, 3.05) is 32.5 Å². The van der Waals surface area contributed by atoms with Crippen molar-refractivity contribution >= 4 is 39.8 Å². The number of carboxylic acid groups (broad SMARTS) is 1. The van der Waals surface area contributed by atoms with E-state index in [0.29, 0.717) is 22.7 Å². The van der Waals surface area contributed by atoms with Crippen molar-refractivity contribution in [2.24, 2.45) is 5.92 Å². The number of piperidine rings is 1. The van der Waals surface area contributed by atoms with Gasteiger partial charge in [0.25, 0.3) is 5.91 Å². The lowest BCUT2D eigenvalue weighted by molar-refractivity contribution is -0.192. The second-order valence-electron chi connectivity index (χ2n) is 9.32. The van der Waals surface area contributed by atoms with E-state index in [2.05, 4.69) is 29.3 Å². The normalized spacial score (nSPS) is 16.3. The van der Waals surface area contributed by atoms with Crippen molar-refractivity contribution in [2.45, 2.75) is 37.9 Å². The van der Waals surface area contributed by atoms with Gasteiger partial charge in [0.1, 0.15) is 0 Å². The molecule has 14 heteroatoms. The zero-order valence-corrected chi connectivity index (χ0v) is 21.6. The first kappa shape index (κ1) is 27.5. The number of nitrogens with zero attached hydrogens (tertiary/aromatic N) is 5. The number of likely N-dealkylation sites (tertiary alicyclic amines) is 1. The Morgan fingerprint density at radius 3 is 2.37 bits per heavy atom. The fourth-order valence-corrected chi connectivity index (χ4v) is 4.90. The fraction of sp³-hybridized carbons (Fsp3) is 0.458. The van der Waals surface area contributed by atoms with Crippen LogP contribution in [0.1, 0.15) is 36.2 Å². The Morgan fingerprint density at radius 1 is 1.13 bits per heavy atom. The highest BCUT2D eigenvalue weighted by Crippen LogP contribution is 2.34. The number of rotatable bonds is 5. The number of carbonyl (C=O) groups is 3. The van der Waals surface area contributed by atoms with Crippen LogP contribution in [0.4, 0.5) is 18.3 Å². The topological polar surface area (TPSA) is 120 Å². The van der Waals surface area contributed by atoms with E-state index < -0.39 is 12.1 Å². The molecule has 10 nitrogen and oxygen atoms in total. The van der Waals surface area contributed by atoms with Gasteiger partial charge in [-0.3, -0.25) is 14.0 Å². The molecule has 3 aromatic heterocycles. The van der Waals surface area contributed by atoms with Gasteiger partial charge in [-0.25, -0.2) is 14.8 Å². The number of nitrogens with one attached hydrogen (secondary N) is 1. The molecule has 2 fully saturated rings. The summed E-state index contributed by atoms with van der Waals surface area (Å²) in [5.74, 6) is -1.95. The number of carboxylic acids is 1. The Labute approximate surface area is 220 Å². The Bertz CT molecular complexity index is 1330. The number of fused-ring (bicyclic) bond motifs is 1. The van der Waals surface area contributed by atoms with Gasteiger partial charge >= 0.3 is 12.1 Å². The number of anilines is 1. The summed E-state index contributed by atoms with van der Waals surface area (Å²) >= 11 is 1.38. The first-order valence-corrected chi connectivity index (χ1v) is 12.8. The average Bonchev–Trinajstić information content (AvgIpc) is 3.52. The number of amides is 2. The molecule has 0 atom stereocenters. The van der Waals surface area contributed by atoms with E-state index in [1.54, 1.807) is 6.20 Å². The van der Waals surface area contributed by atoms with Crippen molar-refractivity contribution in [3.05, 3.63) is 36.3 Å². The second kappa shape index (κ2) is 11.1. The van der Waals surface area contributed by atoms with E-state index in [-0.39, 0.29) is 17.7 Å². The minimum absolute atomic E-state index is 0.0288. The maximum atomic E-state index is 13.3. The number of hydrogen-bond acceptors (Lipinski definition) is 7. The first-order chi connectivity index (χ1) is 18.0. The number of imidazole rings is 1. The highest BCUT2D eigenvalue weighted by molar-refractivity contribution is 7.19. The van der Waals surface area contributed by atoms with Gasteiger partial charge in [-0.15, -0.1) is 0 Å². The van der Waals surface area contributed by atoms with Gasteiger partial charge in [0.15, 0.2) is 16.6 Å². The largest absolute Gasteiger partial charge is 0.490 e. The maximum absolute atomic E-state index is 13.3. The Morgan fingerprint density at radius 2 is 1.79 bits per heavy atom.